The Bertz CT molecular complexity index is 717. The number of nitrogens with one attached hydrogen (secondary N) is 1. The van der Waals surface area contributed by atoms with Gasteiger partial charge in [-0.15, -0.1) is 0 Å². The fraction of sp³-hybridized carbons (Fsp3) is 0.588. The molecule has 2 aliphatic rings. The van der Waals surface area contributed by atoms with Gasteiger partial charge in [0.15, 0.2) is 11.5 Å². The molecule has 144 valence electrons. The molecule has 1 aromatic rings. The van der Waals surface area contributed by atoms with Crippen LogP contribution in [0.4, 0.5) is 0 Å². The van der Waals surface area contributed by atoms with Crippen molar-refractivity contribution in [1.29, 1.82) is 0 Å². The maximum Gasteiger partial charge on any atom is 0.214 e. The summed E-state index contributed by atoms with van der Waals surface area (Å²) in [5, 5.41) is 2.49. The van der Waals surface area contributed by atoms with Crippen molar-refractivity contribution in [1.82, 2.24) is 14.5 Å². The molecule has 26 heavy (non-hydrogen) atoms. The van der Waals surface area contributed by atoms with Crippen LogP contribution in [-0.2, 0) is 21.4 Å². The molecule has 0 bridgehead atoms. The van der Waals surface area contributed by atoms with Crippen molar-refractivity contribution in [3.63, 3.8) is 0 Å². The van der Waals surface area contributed by atoms with Crippen molar-refractivity contribution in [2.24, 2.45) is 0 Å². The molecule has 2 heterocycles. The summed E-state index contributed by atoms with van der Waals surface area (Å²) in [4.78, 5) is 12.4. The quantitative estimate of drug-likeness (QED) is 0.504. The number of carbonyl (C=O) groups is 1. The monoisotopic (exact) mass is 383 g/mol. The highest BCUT2D eigenvalue weighted by Crippen LogP contribution is 2.31. The highest BCUT2D eigenvalue weighted by Gasteiger charge is 2.26. The zero-order chi connectivity index (χ0) is 18.4. The molecule has 0 aromatic heterocycles. The van der Waals surface area contributed by atoms with Crippen molar-refractivity contribution in [3.8, 4) is 11.5 Å². The van der Waals surface area contributed by atoms with E-state index in [1.165, 1.54) is 0 Å². The number of hydrogen-bond acceptors (Lipinski definition) is 6. The van der Waals surface area contributed by atoms with Crippen molar-refractivity contribution in [2.75, 3.05) is 51.7 Å². The summed E-state index contributed by atoms with van der Waals surface area (Å²) in [6.45, 7) is 4.66. The number of fused-ring (bicyclic) bond motifs is 1. The van der Waals surface area contributed by atoms with Crippen LogP contribution in [0.15, 0.2) is 18.2 Å². The van der Waals surface area contributed by atoms with Crippen molar-refractivity contribution in [3.05, 3.63) is 23.8 Å². The summed E-state index contributed by atoms with van der Waals surface area (Å²) in [5.74, 6) is 1.62. The Morgan fingerprint density at radius 2 is 1.81 bits per heavy atom. The number of ether oxygens (including phenoxy) is 2. The van der Waals surface area contributed by atoms with E-state index in [1.807, 2.05) is 18.2 Å². The summed E-state index contributed by atoms with van der Waals surface area (Å²) < 4.78 is 37.4. The smallest absolute Gasteiger partial charge is 0.214 e. The zero-order valence-corrected chi connectivity index (χ0v) is 15.5. The molecule has 0 spiro atoms. The first kappa shape index (κ1) is 18.9. The second kappa shape index (κ2) is 8.70. The third-order valence-corrected chi connectivity index (χ3v) is 6.50. The average molecular weight is 383 g/mol. The lowest BCUT2D eigenvalue weighted by molar-refractivity contribution is -0.109. The molecule has 2 aliphatic heterocycles. The lowest BCUT2D eigenvalue weighted by Gasteiger charge is -2.34. The number of hydrogen-bond donors (Lipinski definition) is 1. The molecule has 0 atom stereocenters. The van der Waals surface area contributed by atoms with E-state index >= 15 is 0 Å². The predicted molar refractivity (Wildman–Crippen MR) is 96.8 cm³/mol. The van der Waals surface area contributed by atoms with E-state index < -0.39 is 10.0 Å². The van der Waals surface area contributed by atoms with Gasteiger partial charge in [0.05, 0.1) is 5.75 Å². The molecule has 0 aliphatic carbocycles. The van der Waals surface area contributed by atoms with Crippen LogP contribution in [0.2, 0.25) is 0 Å². The minimum Gasteiger partial charge on any atom is -0.486 e. The zero-order valence-electron chi connectivity index (χ0n) is 14.7. The summed E-state index contributed by atoms with van der Waals surface area (Å²) in [6.07, 6.45) is 1.02. The van der Waals surface area contributed by atoms with Crippen LogP contribution in [0, 0.1) is 0 Å². The third-order valence-electron chi connectivity index (χ3n) is 4.54. The van der Waals surface area contributed by atoms with E-state index in [0.29, 0.717) is 58.8 Å². The van der Waals surface area contributed by atoms with Gasteiger partial charge in [-0.1, -0.05) is 6.07 Å². The number of nitrogens with zero attached hydrogens (tertiary/aromatic N) is 2. The van der Waals surface area contributed by atoms with Crippen LogP contribution >= 0.6 is 0 Å². The summed E-state index contributed by atoms with van der Waals surface area (Å²) in [5.41, 5.74) is 1.13. The van der Waals surface area contributed by atoms with Gasteiger partial charge in [0, 0.05) is 39.3 Å². The lowest BCUT2D eigenvalue weighted by atomic mass is 10.1. The van der Waals surface area contributed by atoms with Gasteiger partial charge in [-0.05, 0) is 24.1 Å². The standard InChI is InChI=1S/C17H25N3O5S/c21-14-18-4-1-11-26(22,23)20-7-5-19(6-8-20)13-15-2-3-16-17(12-15)25-10-9-24-16/h2-3,12,14H,1,4-11,13H2,(H,18,21). The Kier molecular flexibility index (Phi) is 6.33. The van der Waals surface area contributed by atoms with E-state index in [0.717, 1.165) is 23.6 Å². The average Bonchev–Trinajstić information content (AvgIpc) is 2.66. The number of rotatable bonds is 8. The fourth-order valence-corrected chi connectivity index (χ4v) is 4.64. The third kappa shape index (κ3) is 4.87. The highest BCUT2D eigenvalue weighted by atomic mass is 32.2. The van der Waals surface area contributed by atoms with Gasteiger partial charge in [-0.25, -0.2) is 8.42 Å². The number of piperazine rings is 1. The van der Waals surface area contributed by atoms with E-state index in [4.69, 9.17) is 9.47 Å². The molecule has 8 nitrogen and oxygen atoms in total. The Hall–Kier alpha value is -1.84. The maximum absolute atomic E-state index is 12.3. The number of benzene rings is 1. The second-order valence-corrected chi connectivity index (χ2v) is 8.48. The van der Waals surface area contributed by atoms with Crippen molar-refractivity contribution < 1.29 is 22.7 Å². The summed E-state index contributed by atoms with van der Waals surface area (Å²) in [7, 11) is -3.26. The largest absolute Gasteiger partial charge is 0.486 e. The van der Waals surface area contributed by atoms with Crippen LogP contribution in [0.1, 0.15) is 12.0 Å². The first-order valence-electron chi connectivity index (χ1n) is 8.84. The van der Waals surface area contributed by atoms with Crippen LogP contribution in [0.25, 0.3) is 0 Å². The van der Waals surface area contributed by atoms with Crippen molar-refractivity contribution >= 4 is 16.4 Å². The van der Waals surface area contributed by atoms with Gasteiger partial charge in [0.2, 0.25) is 16.4 Å². The van der Waals surface area contributed by atoms with Crippen molar-refractivity contribution in [2.45, 2.75) is 13.0 Å². The Labute approximate surface area is 154 Å². The molecule has 3 rings (SSSR count). The van der Waals surface area contributed by atoms with E-state index in [9.17, 15) is 13.2 Å². The normalized spacial score (nSPS) is 18.5. The van der Waals surface area contributed by atoms with Gasteiger partial charge in [0.1, 0.15) is 13.2 Å². The molecular weight excluding hydrogens is 358 g/mol. The fourth-order valence-electron chi connectivity index (χ4n) is 3.15. The van der Waals surface area contributed by atoms with Gasteiger partial charge < -0.3 is 14.8 Å². The highest BCUT2D eigenvalue weighted by molar-refractivity contribution is 7.89. The van der Waals surface area contributed by atoms with Gasteiger partial charge in [0.25, 0.3) is 0 Å². The van der Waals surface area contributed by atoms with Gasteiger partial charge in [-0.2, -0.15) is 4.31 Å². The van der Waals surface area contributed by atoms with Crippen LogP contribution in [-0.4, -0.2) is 75.7 Å². The van der Waals surface area contributed by atoms with Gasteiger partial charge >= 0.3 is 0 Å². The molecule has 1 fully saturated rings. The predicted octanol–water partition coefficient (Wildman–Crippen LogP) is 0.0413. The second-order valence-electron chi connectivity index (χ2n) is 6.39. The Balaban J connectivity index is 1.48. The van der Waals surface area contributed by atoms with Crippen LogP contribution in [0.5, 0.6) is 11.5 Å². The summed E-state index contributed by atoms with van der Waals surface area (Å²) in [6, 6.07) is 5.95. The van der Waals surface area contributed by atoms with E-state index in [-0.39, 0.29) is 5.75 Å². The first-order chi connectivity index (χ1) is 12.6. The molecule has 0 saturated carbocycles. The molecule has 1 amide bonds. The molecule has 9 heteroatoms. The SMILES string of the molecule is O=CNCCCS(=O)(=O)N1CCN(Cc2ccc3c(c2)OCCO3)CC1. The van der Waals surface area contributed by atoms with Gasteiger partial charge in [-0.3, -0.25) is 9.69 Å². The molecule has 1 aromatic carbocycles. The molecule has 1 saturated heterocycles. The van der Waals surface area contributed by atoms with Crippen LogP contribution in [0.3, 0.4) is 0 Å². The van der Waals surface area contributed by atoms with Crippen LogP contribution < -0.4 is 14.8 Å². The maximum atomic E-state index is 12.3. The lowest BCUT2D eigenvalue weighted by Crippen LogP contribution is -2.48. The number of sulfonamides is 1. The minimum atomic E-state index is -3.26. The van der Waals surface area contributed by atoms with E-state index in [2.05, 4.69) is 10.2 Å². The number of carbonyl (C=O) groups excluding carboxylic acids is 1. The Morgan fingerprint density at radius 3 is 2.54 bits per heavy atom. The molecule has 1 N–H and O–H groups in total. The number of amides is 1. The first-order valence-corrected chi connectivity index (χ1v) is 10.5. The van der Waals surface area contributed by atoms with E-state index in [1.54, 1.807) is 4.31 Å². The Morgan fingerprint density at radius 1 is 1.08 bits per heavy atom. The minimum absolute atomic E-state index is 0.0655. The molecular formula is C17H25N3O5S. The molecule has 0 unspecified atom stereocenters. The summed E-state index contributed by atoms with van der Waals surface area (Å²) >= 11 is 0. The topological polar surface area (TPSA) is 88.2 Å². The molecule has 0 radical (unpaired) electrons.